The first-order chi connectivity index (χ1) is 14.7. The summed E-state index contributed by atoms with van der Waals surface area (Å²) in [4.78, 5) is 15.0. The molecular weight excluding hydrogens is 464 g/mol. The highest BCUT2D eigenvalue weighted by Crippen LogP contribution is 2.29. The van der Waals surface area contributed by atoms with E-state index in [1.807, 2.05) is 34.9 Å². The van der Waals surface area contributed by atoms with Crippen LogP contribution in [0, 0.1) is 0 Å². The Morgan fingerprint density at radius 2 is 2.03 bits per heavy atom. The first-order valence-electron chi connectivity index (χ1n) is 10.3. The quantitative estimate of drug-likeness (QED) is 0.425. The van der Waals surface area contributed by atoms with Gasteiger partial charge in [-0.2, -0.15) is 0 Å². The molecule has 4 rings (SSSR count). The normalized spacial score (nSPS) is 16.7. The van der Waals surface area contributed by atoms with Crippen molar-refractivity contribution in [1.29, 1.82) is 0 Å². The highest BCUT2D eigenvalue weighted by Gasteiger charge is 2.26. The van der Waals surface area contributed by atoms with Gasteiger partial charge in [0.1, 0.15) is 0 Å². The van der Waals surface area contributed by atoms with Gasteiger partial charge >= 0.3 is 0 Å². The third-order valence-electron chi connectivity index (χ3n) is 5.44. The zero-order valence-electron chi connectivity index (χ0n) is 17.0. The molecule has 6 nitrogen and oxygen atoms in total. The van der Waals surface area contributed by atoms with Gasteiger partial charge in [-0.05, 0) is 59.3 Å². The molecule has 3 aromatic rings. The minimum Gasteiger partial charge on any atom is -0.446 e. The first-order valence-corrected chi connectivity index (χ1v) is 12.1. The number of benzene rings is 1. The van der Waals surface area contributed by atoms with Crippen LogP contribution in [-0.2, 0) is 11.3 Å². The highest BCUT2D eigenvalue weighted by molar-refractivity contribution is 9.10. The van der Waals surface area contributed by atoms with E-state index < -0.39 is 0 Å². The van der Waals surface area contributed by atoms with Crippen molar-refractivity contribution in [3.63, 3.8) is 0 Å². The van der Waals surface area contributed by atoms with Crippen LogP contribution < -0.4 is 0 Å². The number of carbonyl (C=O) groups excluding carboxylic acids is 1. The van der Waals surface area contributed by atoms with E-state index in [2.05, 4.69) is 50.1 Å². The molecule has 0 bridgehead atoms. The summed E-state index contributed by atoms with van der Waals surface area (Å²) in [6, 6.07) is 14.2. The van der Waals surface area contributed by atoms with E-state index in [0.29, 0.717) is 34.6 Å². The fraction of sp³-hybridized carbons (Fsp3) is 0.409. The molecule has 1 fully saturated rings. The summed E-state index contributed by atoms with van der Waals surface area (Å²) in [7, 11) is 0. The molecule has 2 aromatic heterocycles. The maximum absolute atomic E-state index is 12.9. The average molecular weight is 489 g/mol. The number of likely N-dealkylation sites (tertiary alicyclic amines) is 1. The minimum absolute atomic E-state index is 0.183. The van der Waals surface area contributed by atoms with Gasteiger partial charge in [-0.25, -0.2) is 0 Å². The van der Waals surface area contributed by atoms with Crippen LogP contribution in [-0.4, -0.2) is 43.9 Å². The standard InChI is InChI=1S/C22H25BrN4O2S/c1-2-17-10-6-7-13-26(17)20(28)15-30-22-25-24-21(18-11-12-19(23)29-18)27(22)14-16-8-4-3-5-9-16/h3-5,8-9,11-12,17H,2,6-7,10,13-15H2,1H3. The number of thioether (sulfide) groups is 1. The van der Waals surface area contributed by atoms with E-state index in [1.54, 1.807) is 0 Å². The molecule has 0 aliphatic carbocycles. The maximum Gasteiger partial charge on any atom is 0.233 e. The first kappa shape index (κ1) is 21.2. The van der Waals surface area contributed by atoms with Crippen molar-refractivity contribution in [2.45, 2.75) is 50.4 Å². The lowest BCUT2D eigenvalue weighted by atomic mass is 10.0. The van der Waals surface area contributed by atoms with E-state index >= 15 is 0 Å². The van der Waals surface area contributed by atoms with Crippen molar-refractivity contribution >= 4 is 33.6 Å². The van der Waals surface area contributed by atoms with Crippen LogP contribution in [0.4, 0.5) is 0 Å². The molecule has 30 heavy (non-hydrogen) atoms. The van der Waals surface area contributed by atoms with Gasteiger partial charge < -0.3 is 9.32 Å². The number of hydrogen-bond donors (Lipinski definition) is 0. The van der Waals surface area contributed by atoms with Crippen LogP contribution in [0.1, 0.15) is 38.2 Å². The zero-order chi connectivity index (χ0) is 20.9. The predicted octanol–water partition coefficient (Wildman–Crippen LogP) is 5.23. The summed E-state index contributed by atoms with van der Waals surface area (Å²) >= 11 is 4.80. The van der Waals surface area contributed by atoms with E-state index in [0.717, 1.165) is 36.5 Å². The van der Waals surface area contributed by atoms with E-state index in [1.165, 1.54) is 18.2 Å². The third kappa shape index (κ3) is 4.81. The molecule has 0 spiro atoms. The van der Waals surface area contributed by atoms with E-state index in [-0.39, 0.29) is 5.91 Å². The average Bonchev–Trinajstić information content (AvgIpc) is 3.38. The van der Waals surface area contributed by atoms with Crippen molar-refractivity contribution in [3.05, 3.63) is 52.7 Å². The Labute approximate surface area is 189 Å². The van der Waals surface area contributed by atoms with Gasteiger partial charge in [0.05, 0.1) is 12.3 Å². The summed E-state index contributed by atoms with van der Waals surface area (Å²) in [6.45, 7) is 3.63. The Morgan fingerprint density at radius 1 is 1.20 bits per heavy atom. The summed E-state index contributed by atoms with van der Waals surface area (Å²) < 4.78 is 8.38. The van der Waals surface area contributed by atoms with Gasteiger partial charge in [-0.15, -0.1) is 10.2 Å². The minimum atomic E-state index is 0.183. The van der Waals surface area contributed by atoms with Crippen molar-refractivity contribution in [1.82, 2.24) is 19.7 Å². The Bertz CT molecular complexity index is 988. The van der Waals surface area contributed by atoms with Gasteiger partial charge in [-0.3, -0.25) is 9.36 Å². The second-order valence-corrected chi connectivity index (χ2v) is 9.14. The number of halogens is 1. The summed E-state index contributed by atoms with van der Waals surface area (Å²) in [5.41, 5.74) is 1.14. The largest absolute Gasteiger partial charge is 0.446 e. The molecule has 1 atom stereocenters. The molecule has 1 aliphatic rings. The number of piperidine rings is 1. The lowest BCUT2D eigenvalue weighted by molar-refractivity contribution is -0.132. The fourth-order valence-electron chi connectivity index (χ4n) is 3.88. The molecule has 1 saturated heterocycles. The molecule has 0 radical (unpaired) electrons. The molecule has 1 aromatic carbocycles. The lowest BCUT2D eigenvalue weighted by Crippen LogP contribution is -2.44. The number of rotatable bonds is 7. The van der Waals surface area contributed by atoms with Crippen LogP contribution in [0.5, 0.6) is 0 Å². The summed E-state index contributed by atoms with van der Waals surface area (Å²) in [6.07, 6.45) is 4.42. The van der Waals surface area contributed by atoms with Crippen LogP contribution in [0.15, 0.2) is 56.7 Å². The molecule has 1 aliphatic heterocycles. The third-order valence-corrected chi connectivity index (χ3v) is 6.82. The topological polar surface area (TPSA) is 64.2 Å². The van der Waals surface area contributed by atoms with Gasteiger partial charge in [0.15, 0.2) is 15.6 Å². The van der Waals surface area contributed by atoms with Gasteiger partial charge in [0.25, 0.3) is 0 Å². The Kier molecular flexibility index (Phi) is 6.94. The summed E-state index contributed by atoms with van der Waals surface area (Å²) in [5.74, 6) is 1.85. The van der Waals surface area contributed by atoms with Crippen LogP contribution in [0.25, 0.3) is 11.6 Å². The smallest absolute Gasteiger partial charge is 0.233 e. The van der Waals surface area contributed by atoms with Crippen LogP contribution in [0.2, 0.25) is 0 Å². The second kappa shape index (κ2) is 9.83. The molecule has 3 heterocycles. The molecule has 1 unspecified atom stereocenters. The highest BCUT2D eigenvalue weighted by atomic mass is 79.9. The van der Waals surface area contributed by atoms with Gasteiger partial charge in [-0.1, -0.05) is 49.0 Å². The fourth-order valence-corrected chi connectivity index (χ4v) is 5.01. The molecule has 0 saturated carbocycles. The Balaban J connectivity index is 1.55. The second-order valence-electron chi connectivity index (χ2n) is 7.42. The molecule has 0 N–H and O–H groups in total. The van der Waals surface area contributed by atoms with Crippen molar-refractivity contribution in [3.8, 4) is 11.6 Å². The van der Waals surface area contributed by atoms with Crippen molar-refractivity contribution in [2.75, 3.05) is 12.3 Å². The lowest BCUT2D eigenvalue weighted by Gasteiger charge is -2.35. The SMILES string of the molecule is CCC1CCCCN1C(=O)CSc1nnc(-c2ccc(Br)o2)n1Cc1ccccc1. The molecule has 8 heteroatoms. The molecule has 1 amide bonds. The van der Waals surface area contributed by atoms with Gasteiger partial charge in [0, 0.05) is 12.6 Å². The number of furan rings is 1. The van der Waals surface area contributed by atoms with E-state index in [9.17, 15) is 4.79 Å². The summed E-state index contributed by atoms with van der Waals surface area (Å²) in [5, 5.41) is 9.48. The number of carbonyl (C=O) groups is 1. The van der Waals surface area contributed by atoms with Crippen molar-refractivity contribution < 1.29 is 9.21 Å². The van der Waals surface area contributed by atoms with Gasteiger partial charge in [0.2, 0.25) is 11.7 Å². The predicted molar refractivity (Wildman–Crippen MR) is 121 cm³/mol. The number of hydrogen-bond acceptors (Lipinski definition) is 5. The Hall–Kier alpha value is -2.06. The van der Waals surface area contributed by atoms with Crippen LogP contribution in [0.3, 0.4) is 0 Å². The Morgan fingerprint density at radius 3 is 2.77 bits per heavy atom. The number of amides is 1. The molecular formula is C22H25BrN4O2S. The van der Waals surface area contributed by atoms with E-state index in [4.69, 9.17) is 4.42 Å². The monoisotopic (exact) mass is 488 g/mol. The van der Waals surface area contributed by atoms with Crippen molar-refractivity contribution in [2.24, 2.45) is 0 Å². The molecule has 158 valence electrons. The zero-order valence-corrected chi connectivity index (χ0v) is 19.4. The maximum atomic E-state index is 12.9. The number of nitrogens with zero attached hydrogens (tertiary/aromatic N) is 4. The van der Waals surface area contributed by atoms with Crippen LogP contribution >= 0.6 is 27.7 Å². The number of aromatic nitrogens is 3.